The number of carbonyl (C=O) groups excluding carboxylic acids is 1. The van der Waals surface area contributed by atoms with Gasteiger partial charge in [0.25, 0.3) is 5.56 Å². The minimum Gasteiger partial charge on any atom is -0.507 e. The molecule has 0 bridgehead atoms. The maximum Gasteiger partial charge on any atom is 0.338 e. The topological polar surface area (TPSA) is 90.1 Å². The molecule has 7 nitrogen and oxygen atoms in total. The summed E-state index contributed by atoms with van der Waals surface area (Å²) in [6.45, 7) is 1.92. The van der Waals surface area contributed by atoms with Crippen molar-refractivity contribution in [1.82, 2.24) is 4.57 Å². The summed E-state index contributed by atoms with van der Waals surface area (Å²) in [4.78, 5) is 32.5. The zero-order chi connectivity index (χ0) is 25.9. The standard InChI is InChI=1S/C29H24N2O5S/c1-3-36-28(34)24-25(18-9-5-4-6-10-18)30-29-31(26(24)19-13-15-21(35-2)16-14-19)27(33)23(37-29)17-20-11-7-8-12-22(20)32/h4-17,26,32H,3H2,1-2H3/b23-17+/t26-/m0/s1. The number of fused-ring (bicyclic) bond motifs is 1. The SMILES string of the molecule is CCOC(=O)C1=C(c2ccccc2)N=c2s/c(=C/c3ccccc3O)c(=O)n2[C@H]1c1ccc(OC)cc1. The molecule has 0 spiro atoms. The second-order valence-corrected chi connectivity index (χ2v) is 9.27. The highest BCUT2D eigenvalue weighted by atomic mass is 32.1. The van der Waals surface area contributed by atoms with Gasteiger partial charge in [0.1, 0.15) is 11.5 Å². The summed E-state index contributed by atoms with van der Waals surface area (Å²) in [5.74, 6) is 0.179. The predicted octanol–water partition coefficient (Wildman–Crippen LogP) is 3.65. The monoisotopic (exact) mass is 512 g/mol. The maximum absolute atomic E-state index is 13.8. The zero-order valence-corrected chi connectivity index (χ0v) is 21.1. The van der Waals surface area contributed by atoms with E-state index in [9.17, 15) is 14.7 Å². The lowest BCUT2D eigenvalue weighted by Crippen LogP contribution is -2.40. The van der Waals surface area contributed by atoms with Crippen molar-refractivity contribution in [2.24, 2.45) is 4.99 Å². The highest BCUT2D eigenvalue weighted by molar-refractivity contribution is 7.07. The third kappa shape index (κ3) is 4.59. The van der Waals surface area contributed by atoms with Crippen LogP contribution >= 0.6 is 11.3 Å². The molecule has 37 heavy (non-hydrogen) atoms. The van der Waals surface area contributed by atoms with Gasteiger partial charge in [-0.1, -0.05) is 72.0 Å². The Morgan fingerprint density at radius 1 is 1.05 bits per heavy atom. The van der Waals surface area contributed by atoms with Crippen LogP contribution in [0.25, 0.3) is 11.8 Å². The maximum atomic E-state index is 13.8. The zero-order valence-electron chi connectivity index (χ0n) is 20.3. The molecule has 1 aliphatic heterocycles. The Balaban J connectivity index is 1.83. The van der Waals surface area contributed by atoms with Crippen LogP contribution < -0.4 is 19.6 Å². The lowest BCUT2D eigenvalue weighted by Gasteiger charge is -2.26. The van der Waals surface area contributed by atoms with Gasteiger partial charge in [-0.15, -0.1) is 0 Å². The summed E-state index contributed by atoms with van der Waals surface area (Å²) < 4.78 is 12.7. The molecule has 1 N–H and O–H groups in total. The number of carbonyl (C=O) groups is 1. The molecule has 0 saturated heterocycles. The number of esters is 1. The van der Waals surface area contributed by atoms with Crippen molar-refractivity contribution in [3.63, 3.8) is 0 Å². The first kappa shape index (κ1) is 24.3. The van der Waals surface area contributed by atoms with Gasteiger partial charge in [-0.25, -0.2) is 9.79 Å². The summed E-state index contributed by atoms with van der Waals surface area (Å²) in [6, 6.07) is 22.6. The van der Waals surface area contributed by atoms with Gasteiger partial charge in [-0.3, -0.25) is 9.36 Å². The minimum atomic E-state index is -0.775. The van der Waals surface area contributed by atoms with E-state index in [1.807, 2.05) is 42.5 Å². The Labute approximate surface area is 216 Å². The third-order valence-corrected chi connectivity index (χ3v) is 7.01. The first-order valence-electron chi connectivity index (χ1n) is 11.7. The number of phenols is 1. The smallest absolute Gasteiger partial charge is 0.338 e. The van der Waals surface area contributed by atoms with Crippen LogP contribution in [-0.4, -0.2) is 29.4 Å². The van der Waals surface area contributed by atoms with Crippen LogP contribution in [0, 0.1) is 0 Å². The Morgan fingerprint density at radius 2 is 1.76 bits per heavy atom. The Hall–Kier alpha value is -4.43. The molecule has 0 radical (unpaired) electrons. The van der Waals surface area contributed by atoms with E-state index in [1.54, 1.807) is 56.5 Å². The minimum absolute atomic E-state index is 0.0669. The van der Waals surface area contributed by atoms with Gasteiger partial charge in [0, 0.05) is 11.1 Å². The number of rotatable bonds is 6. The van der Waals surface area contributed by atoms with Gasteiger partial charge in [0.15, 0.2) is 4.80 Å². The second kappa shape index (κ2) is 10.3. The Kier molecular flexibility index (Phi) is 6.74. The van der Waals surface area contributed by atoms with Crippen molar-refractivity contribution in [3.05, 3.63) is 121 Å². The molecule has 8 heteroatoms. The van der Waals surface area contributed by atoms with Crippen molar-refractivity contribution >= 4 is 29.1 Å². The van der Waals surface area contributed by atoms with Gasteiger partial charge in [0.05, 0.1) is 35.6 Å². The van der Waals surface area contributed by atoms with Crippen LogP contribution in [0.1, 0.15) is 29.7 Å². The fourth-order valence-electron chi connectivity index (χ4n) is 4.29. The fourth-order valence-corrected chi connectivity index (χ4v) is 5.28. The van der Waals surface area contributed by atoms with Crippen molar-refractivity contribution in [2.45, 2.75) is 13.0 Å². The van der Waals surface area contributed by atoms with E-state index in [2.05, 4.69) is 0 Å². The van der Waals surface area contributed by atoms with Crippen molar-refractivity contribution in [1.29, 1.82) is 0 Å². The summed E-state index contributed by atoms with van der Waals surface area (Å²) in [5, 5.41) is 10.3. The quantitative estimate of drug-likeness (QED) is 0.399. The highest BCUT2D eigenvalue weighted by Gasteiger charge is 2.35. The molecule has 1 aliphatic rings. The third-order valence-electron chi connectivity index (χ3n) is 6.03. The highest BCUT2D eigenvalue weighted by Crippen LogP contribution is 2.35. The van der Waals surface area contributed by atoms with Crippen LogP contribution in [-0.2, 0) is 9.53 Å². The van der Waals surface area contributed by atoms with Crippen LogP contribution in [0.15, 0.2) is 94.2 Å². The van der Waals surface area contributed by atoms with Crippen molar-refractivity contribution in [3.8, 4) is 11.5 Å². The molecule has 0 fully saturated rings. The van der Waals surface area contributed by atoms with E-state index in [0.29, 0.717) is 31.9 Å². The summed E-state index contributed by atoms with van der Waals surface area (Å²) in [5.41, 5.74) is 2.38. The molecule has 2 heterocycles. The molecular weight excluding hydrogens is 488 g/mol. The summed E-state index contributed by atoms with van der Waals surface area (Å²) in [7, 11) is 1.58. The Bertz CT molecular complexity index is 1670. The first-order chi connectivity index (χ1) is 18.0. The number of aromatic hydroxyl groups is 1. The second-order valence-electron chi connectivity index (χ2n) is 8.26. The van der Waals surface area contributed by atoms with E-state index in [4.69, 9.17) is 14.5 Å². The van der Waals surface area contributed by atoms with Gasteiger partial charge in [0.2, 0.25) is 0 Å². The van der Waals surface area contributed by atoms with E-state index < -0.39 is 12.0 Å². The number of para-hydroxylation sites is 1. The number of nitrogens with zero attached hydrogens (tertiary/aromatic N) is 2. The largest absolute Gasteiger partial charge is 0.507 e. The van der Waals surface area contributed by atoms with E-state index in [-0.39, 0.29) is 23.5 Å². The molecule has 5 rings (SSSR count). The number of phenolic OH excluding ortho intramolecular Hbond substituents is 1. The molecule has 1 atom stereocenters. The average Bonchev–Trinajstić information content (AvgIpc) is 3.24. The number of hydrogen-bond donors (Lipinski definition) is 1. The van der Waals surface area contributed by atoms with Gasteiger partial charge < -0.3 is 14.6 Å². The molecule has 0 amide bonds. The molecule has 186 valence electrons. The predicted molar refractivity (Wildman–Crippen MR) is 142 cm³/mol. The van der Waals surface area contributed by atoms with Crippen LogP contribution in [0.2, 0.25) is 0 Å². The lowest BCUT2D eigenvalue weighted by atomic mass is 9.93. The molecule has 4 aromatic rings. The fraction of sp³-hybridized carbons (Fsp3) is 0.138. The van der Waals surface area contributed by atoms with E-state index in [0.717, 1.165) is 5.56 Å². The average molecular weight is 513 g/mol. The first-order valence-corrected chi connectivity index (χ1v) is 12.5. The number of hydrogen-bond acceptors (Lipinski definition) is 7. The van der Waals surface area contributed by atoms with Crippen LogP contribution in [0.4, 0.5) is 0 Å². The van der Waals surface area contributed by atoms with E-state index in [1.165, 1.54) is 15.9 Å². The molecule has 0 unspecified atom stereocenters. The molecular formula is C29H24N2O5S. The van der Waals surface area contributed by atoms with Crippen molar-refractivity contribution < 1.29 is 19.4 Å². The summed E-state index contributed by atoms with van der Waals surface area (Å²) in [6.07, 6.45) is 1.64. The Morgan fingerprint density at radius 3 is 2.43 bits per heavy atom. The molecule has 0 saturated carbocycles. The van der Waals surface area contributed by atoms with Gasteiger partial charge in [-0.05, 0) is 36.8 Å². The molecule has 1 aromatic heterocycles. The normalized spacial score (nSPS) is 15.2. The van der Waals surface area contributed by atoms with E-state index >= 15 is 0 Å². The number of thiazole rings is 1. The van der Waals surface area contributed by atoms with Gasteiger partial charge >= 0.3 is 5.97 Å². The molecule has 0 aliphatic carbocycles. The number of ether oxygens (including phenoxy) is 2. The number of aromatic nitrogens is 1. The van der Waals surface area contributed by atoms with Crippen LogP contribution in [0.3, 0.4) is 0 Å². The molecule has 3 aromatic carbocycles. The number of benzene rings is 3. The number of methoxy groups -OCH3 is 1. The van der Waals surface area contributed by atoms with Crippen LogP contribution in [0.5, 0.6) is 11.5 Å². The lowest BCUT2D eigenvalue weighted by molar-refractivity contribution is -0.138. The van der Waals surface area contributed by atoms with Crippen molar-refractivity contribution in [2.75, 3.05) is 13.7 Å². The van der Waals surface area contributed by atoms with Gasteiger partial charge in [-0.2, -0.15) is 0 Å². The summed E-state index contributed by atoms with van der Waals surface area (Å²) >= 11 is 1.20.